The van der Waals surface area contributed by atoms with Gasteiger partial charge in [0.1, 0.15) is 0 Å². The van der Waals surface area contributed by atoms with Crippen LogP contribution < -0.4 is 0 Å². The first-order valence-corrected chi connectivity index (χ1v) is 6.82. The Labute approximate surface area is 114 Å². The molecule has 4 nitrogen and oxygen atoms in total. The molecule has 18 heavy (non-hydrogen) atoms. The van der Waals surface area contributed by atoms with Crippen molar-refractivity contribution < 1.29 is 5.11 Å². The van der Waals surface area contributed by atoms with Gasteiger partial charge in [0.05, 0.1) is 24.3 Å². The van der Waals surface area contributed by atoms with Gasteiger partial charge >= 0.3 is 0 Å². The van der Waals surface area contributed by atoms with Gasteiger partial charge < -0.3 is 9.67 Å². The van der Waals surface area contributed by atoms with Crippen molar-refractivity contribution in [3.05, 3.63) is 46.7 Å². The monoisotopic (exact) mass is 307 g/mol. The number of hydrogen-bond acceptors (Lipinski definition) is 3. The third-order valence-electron chi connectivity index (χ3n) is 3.17. The molecule has 0 radical (unpaired) electrons. The Kier molecular flexibility index (Phi) is 3.18. The van der Waals surface area contributed by atoms with Gasteiger partial charge in [-0.15, -0.1) is 0 Å². The van der Waals surface area contributed by atoms with Gasteiger partial charge in [0, 0.05) is 29.3 Å². The molecule has 1 saturated carbocycles. The highest BCUT2D eigenvalue weighted by molar-refractivity contribution is 9.10. The maximum atomic E-state index is 10.3. The van der Waals surface area contributed by atoms with Crippen molar-refractivity contribution in [1.82, 2.24) is 14.5 Å². The van der Waals surface area contributed by atoms with E-state index in [0.29, 0.717) is 12.5 Å². The number of nitrogens with zero attached hydrogens (tertiary/aromatic N) is 3. The van der Waals surface area contributed by atoms with Crippen LogP contribution in [0.3, 0.4) is 0 Å². The Morgan fingerprint density at radius 3 is 2.89 bits per heavy atom. The van der Waals surface area contributed by atoms with Crippen LogP contribution in [0.15, 0.2) is 35.5 Å². The van der Waals surface area contributed by atoms with E-state index < -0.39 is 6.10 Å². The van der Waals surface area contributed by atoms with Crippen LogP contribution >= 0.6 is 15.9 Å². The molecule has 1 unspecified atom stereocenters. The minimum atomic E-state index is -0.524. The lowest BCUT2D eigenvalue weighted by atomic mass is 10.1. The van der Waals surface area contributed by atoms with Crippen LogP contribution in [0.2, 0.25) is 0 Å². The van der Waals surface area contributed by atoms with E-state index in [1.165, 1.54) is 12.8 Å². The van der Waals surface area contributed by atoms with Crippen LogP contribution in [-0.2, 0) is 6.42 Å². The van der Waals surface area contributed by atoms with Crippen LogP contribution in [0.1, 0.15) is 36.2 Å². The van der Waals surface area contributed by atoms with E-state index in [4.69, 9.17) is 0 Å². The summed E-state index contributed by atoms with van der Waals surface area (Å²) in [7, 11) is 0. The summed E-state index contributed by atoms with van der Waals surface area (Å²) in [6, 6.07) is 2.52. The summed E-state index contributed by atoms with van der Waals surface area (Å²) in [5, 5.41) is 10.3. The number of aliphatic hydroxyl groups excluding tert-OH is 1. The third kappa shape index (κ3) is 2.47. The van der Waals surface area contributed by atoms with Crippen LogP contribution in [-0.4, -0.2) is 19.6 Å². The van der Waals surface area contributed by atoms with Gasteiger partial charge in [-0.1, -0.05) is 0 Å². The highest BCUT2D eigenvalue weighted by Crippen LogP contribution is 2.37. The molecule has 94 valence electrons. The minimum Gasteiger partial charge on any atom is -0.386 e. The van der Waals surface area contributed by atoms with Crippen LogP contribution in [0, 0.1) is 0 Å². The minimum absolute atomic E-state index is 0.524. The average Bonchev–Trinajstić information content (AvgIpc) is 3.06. The fourth-order valence-corrected chi connectivity index (χ4v) is 2.54. The van der Waals surface area contributed by atoms with Crippen LogP contribution in [0.25, 0.3) is 0 Å². The van der Waals surface area contributed by atoms with Gasteiger partial charge in [-0.05, 0) is 40.4 Å². The molecule has 1 atom stereocenters. The number of pyridine rings is 1. The number of aliphatic hydroxyl groups is 1. The van der Waals surface area contributed by atoms with E-state index >= 15 is 0 Å². The van der Waals surface area contributed by atoms with Crippen molar-refractivity contribution in [2.24, 2.45) is 0 Å². The van der Waals surface area contributed by atoms with E-state index in [1.807, 2.05) is 12.4 Å². The standard InChI is InChI=1S/C13H14BrN3O/c14-10-3-9(5-15-6-10)4-13(18)12-7-16-8-17(12)11-1-2-11/h3,5-8,11,13,18H,1-2,4H2. The van der Waals surface area contributed by atoms with E-state index in [1.54, 1.807) is 18.6 Å². The Morgan fingerprint density at radius 1 is 1.33 bits per heavy atom. The summed E-state index contributed by atoms with van der Waals surface area (Å²) in [4.78, 5) is 8.25. The zero-order valence-electron chi connectivity index (χ0n) is 9.83. The molecule has 0 saturated heterocycles. The molecule has 1 N–H and O–H groups in total. The zero-order chi connectivity index (χ0) is 12.5. The van der Waals surface area contributed by atoms with Gasteiger partial charge in [0.15, 0.2) is 0 Å². The smallest absolute Gasteiger partial charge is 0.0996 e. The van der Waals surface area contributed by atoms with Crippen molar-refractivity contribution in [3.8, 4) is 0 Å². The molecule has 3 rings (SSSR count). The van der Waals surface area contributed by atoms with Crippen molar-refractivity contribution >= 4 is 15.9 Å². The molecule has 1 fully saturated rings. The summed E-state index contributed by atoms with van der Waals surface area (Å²) in [5.74, 6) is 0. The SMILES string of the molecule is OC(Cc1cncc(Br)c1)c1cncn1C1CC1. The van der Waals surface area contributed by atoms with Gasteiger partial charge in [-0.2, -0.15) is 0 Å². The highest BCUT2D eigenvalue weighted by Gasteiger charge is 2.27. The van der Waals surface area contributed by atoms with Gasteiger partial charge in [-0.3, -0.25) is 4.98 Å². The largest absolute Gasteiger partial charge is 0.386 e. The summed E-state index contributed by atoms with van der Waals surface area (Å²) >= 11 is 3.39. The number of rotatable bonds is 4. The molecule has 0 aliphatic heterocycles. The van der Waals surface area contributed by atoms with Crippen molar-refractivity contribution in [1.29, 1.82) is 0 Å². The molecule has 2 heterocycles. The molecule has 2 aromatic rings. The first kappa shape index (κ1) is 11.9. The van der Waals surface area contributed by atoms with Gasteiger partial charge in [0.25, 0.3) is 0 Å². The maximum absolute atomic E-state index is 10.3. The van der Waals surface area contributed by atoms with Crippen LogP contribution in [0.4, 0.5) is 0 Å². The predicted octanol–water partition coefficient (Wildman–Crippen LogP) is 2.65. The predicted molar refractivity (Wildman–Crippen MR) is 71.1 cm³/mol. The molecular formula is C13H14BrN3O. The number of hydrogen-bond donors (Lipinski definition) is 1. The Balaban J connectivity index is 1.78. The lowest BCUT2D eigenvalue weighted by Crippen LogP contribution is -2.08. The first-order valence-electron chi connectivity index (χ1n) is 6.03. The second-order valence-corrected chi connectivity index (χ2v) is 5.60. The highest BCUT2D eigenvalue weighted by atomic mass is 79.9. The third-order valence-corrected chi connectivity index (χ3v) is 3.60. The second-order valence-electron chi connectivity index (χ2n) is 4.69. The Morgan fingerprint density at radius 2 is 2.17 bits per heavy atom. The lowest BCUT2D eigenvalue weighted by molar-refractivity contribution is 0.168. The molecule has 0 aromatic carbocycles. The Bertz CT molecular complexity index is 551. The fraction of sp³-hybridized carbons (Fsp3) is 0.385. The second kappa shape index (κ2) is 4.82. The summed E-state index contributed by atoms with van der Waals surface area (Å²) in [5.41, 5.74) is 1.91. The molecule has 0 spiro atoms. The summed E-state index contributed by atoms with van der Waals surface area (Å²) < 4.78 is 3.03. The van der Waals surface area contributed by atoms with E-state index in [9.17, 15) is 5.11 Å². The van der Waals surface area contributed by atoms with Crippen LogP contribution in [0.5, 0.6) is 0 Å². The van der Waals surface area contributed by atoms with Crippen molar-refractivity contribution in [3.63, 3.8) is 0 Å². The zero-order valence-corrected chi connectivity index (χ0v) is 11.4. The van der Waals surface area contributed by atoms with E-state index in [-0.39, 0.29) is 0 Å². The fourth-order valence-electron chi connectivity index (χ4n) is 2.13. The molecule has 5 heteroatoms. The molecule has 0 bridgehead atoms. The molecule has 2 aromatic heterocycles. The first-order chi connectivity index (χ1) is 8.74. The number of imidazole rings is 1. The van der Waals surface area contributed by atoms with Gasteiger partial charge in [-0.25, -0.2) is 4.98 Å². The average molecular weight is 308 g/mol. The lowest BCUT2D eigenvalue weighted by Gasteiger charge is -2.13. The van der Waals surface area contributed by atoms with Crippen molar-refractivity contribution in [2.75, 3.05) is 0 Å². The quantitative estimate of drug-likeness (QED) is 0.944. The van der Waals surface area contributed by atoms with E-state index in [2.05, 4.69) is 30.5 Å². The van der Waals surface area contributed by atoms with Gasteiger partial charge in [0.2, 0.25) is 0 Å². The molecule has 1 aliphatic carbocycles. The van der Waals surface area contributed by atoms with E-state index in [0.717, 1.165) is 15.7 Å². The molecule has 0 amide bonds. The normalized spacial score (nSPS) is 16.8. The number of aromatic nitrogens is 3. The molecular weight excluding hydrogens is 294 g/mol. The summed E-state index contributed by atoms with van der Waals surface area (Å²) in [6.07, 6.45) is 9.51. The van der Waals surface area contributed by atoms with Crippen molar-refractivity contribution in [2.45, 2.75) is 31.4 Å². The number of halogens is 1. The maximum Gasteiger partial charge on any atom is 0.0996 e. The Hall–Kier alpha value is -1.20. The topological polar surface area (TPSA) is 50.9 Å². The summed E-state index contributed by atoms with van der Waals surface area (Å²) in [6.45, 7) is 0. The molecule has 1 aliphatic rings.